The summed E-state index contributed by atoms with van der Waals surface area (Å²) in [6, 6.07) is 5.60. The Morgan fingerprint density at radius 2 is 2.41 bits per heavy atom. The number of carbonyl (C=O) groups is 1. The molecule has 3 heteroatoms. The Labute approximate surface area is 102 Å². The largest absolute Gasteiger partial charge is 0.339 e. The fourth-order valence-electron chi connectivity index (χ4n) is 2.06. The fraction of sp³-hybridized carbons (Fsp3) is 0.357. The molecule has 0 bridgehead atoms. The quantitative estimate of drug-likeness (QED) is 0.744. The van der Waals surface area contributed by atoms with Gasteiger partial charge in [-0.3, -0.25) is 4.79 Å². The standard InChI is InChI=1S/C14H16N2O/c1-3-10(2)16-14(17)13-6-4-5-11-9-15-8-7-12(11)13/h1,4-6,10,15H,7-9H2,2H3,(H,16,17). The number of terminal acetylenes is 1. The molecule has 0 aromatic heterocycles. The lowest BCUT2D eigenvalue weighted by Crippen LogP contribution is -2.33. The molecule has 0 saturated heterocycles. The summed E-state index contributed by atoms with van der Waals surface area (Å²) in [4.78, 5) is 12.1. The lowest BCUT2D eigenvalue weighted by molar-refractivity contribution is 0.0947. The Morgan fingerprint density at radius 3 is 3.18 bits per heavy atom. The van der Waals surface area contributed by atoms with Crippen LogP contribution < -0.4 is 10.6 Å². The van der Waals surface area contributed by atoms with Crippen molar-refractivity contribution in [1.29, 1.82) is 0 Å². The lowest BCUT2D eigenvalue weighted by Gasteiger charge is -2.20. The summed E-state index contributed by atoms with van der Waals surface area (Å²) >= 11 is 0. The monoisotopic (exact) mass is 228 g/mol. The second-order valence-electron chi connectivity index (χ2n) is 4.23. The average molecular weight is 228 g/mol. The number of amides is 1. The summed E-state index contributed by atoms with van der Waals surface area (Å²) in [6.07, 6.45) is 6.15. The minimum atomic E-state index is -0.236. The Bertz CT molecular complexity index is 474. The van der Waals surface area contributed by atoms with Crippen molar-refractivity contribution < 1.29 is 4.79 Å². The van der Waals surface area contributed by atoms with E-state index in [2.05, 4.69) is 22.6 Å². The average Bonchev–Trinajstić information content (AvgIpc) is 2.37. The highest BCUT2D eigenvalue weighted by Crippen LogP contribution is 2.18. The first-order valence-electron chi connectivity index (χ1n) is 5.81. The molecule has 1 aliphatic rings. The van der Waals surface area contributed by atoms with E-state index in [0.717, 1.165) is 30.6 Å². The molecule has 1 aliphatic heterocycles. The molecule has 0 fully saturated rings. The molecule has 1 aromatic rings. The SMILES string of the molecule is C#CC(C)NC(=O)c1cccc2c1CCNC2. The molecule has 0 aliphatic carbocycles. The van der Waals surface area contributed by atoms with Gasteiger partial charge in [-0.25, -0.2) is 0 Å². The molecule has 0 saturated carbocycles. The van der Waals surface area contributed by atoms with Crippen molar-refractivity contribution in [3.8, 4) is 12.3 Å². The Hall–Kier alpha value is -1.79. The maximum atomic E-state index is 12.1. The highest BCUT2D eigenvalue weighted by atomic mass is 16.1. The second kappa shape index (κ2) is 5.03. The van der Waals surface area contributed by atoms with E-state index < -0.39 is 0 Å². The predicted octanol–water partition coefficient (Wildman–Crippen LogP) is 1.08. The van der Waals surface area contributed by atoms with Gasteiger partial charge >= 0.3 is 0 Å². The van der Waals surface area contributed by atoms with Crippen LogP contribution in [0, 0.1) is 12.3 Å². The zero-order valence-corrected chi connectivity index (χ0v) is 9.92. The maximum absolute atomic E-state index is 12.1. The highest BCUT2D eigenvalue weighted by molar-refractivity contribution is 5.96. The van der Waals surface area contributed by atoms with Crippen LogP contribution in [0.2, 0.25) is 0 Å². The van der Waals surface area contributed by atoms with Gasteiger partial charge in [-0.15, -0.1) is 6.42 Å². The van der Waals surface area contributed by atoms with Crippen molar-refractivity contribution in [2.75, 3.05) is 6.54 Å². The molecule has 1 aromatic carbocycles. The van der Waals surface area contributed by atoms with Gasteiger partial charge in [0.25, 0.3) is 5.91 Å². The number of fused-ring (bicyclic) bond motifs is 1. The molecule has 17 heavy (non-hydrogen) atoms. The van der Waals surface area contributed by atoms with Gasteiger partial charge in [-0.05, 0) is 37.1 Å². The Balaban J connectivity index is 2.27. The number of benzene rings is 1. The molecule has 1 amide bonds. The van der Waals surface area contributed by atoms with Crippen molar-refractivity contribution in [1.82, 2.24) is 10.6 Å². The summed E-state index contributed by atoms with van der Waals surface area (Å²) in [5, 5.41) is 6.10. The van der Waals surface area contributed by atoms with Gasteiger partial charge in [0.1, 0.15) is 0 Å². The van der Waals surface area contributed by atoms with Crippen molar-refractivity contribution in [2.24, 2.45) is 0 Å². The van der Waals surface area contributed by atoms with Gasteiger partial charge in [0.15, 0.2) is 0 Å². The maximum Gasteiger partial charge on any atom is 0.252 e. The first-order chi connectivity index (χ1) is 8.22. The van der Waals surface area contributed by atoms with Crippen LogP contribution in [0.15, 0.2) is 18.2 Å². The van der Waals surface area contributed by atoms with E-state index in [0.29, 0.717) is 0 Å². The summed E-state index contributed by atoms with van der Waals surface area (Å²) in [5.41, 5.74) is 3.11. The van der Waals surface area contributed by atoms with Gasteiger partial charge < -0.3 is 10.6 Å². The van der Waals surface area contributed by atoms with Crippen LogP contribution >= 0.6 is 0 Å². The Morgan fingerprint density at radius 1 is 1.59 bits per heavy atom. The Kier molecular flexibility index (Phi) is 3.46. The molecule has 3 nitrogen and oxygen atoms in total. The van der Waals surface area contributed by atoms with Gasteiger partial charge in [0.2, 0.25) is 0 Å². The van der Waals surface area contributed by atoms with Crippen molar-refractivity contribution in [3.63, 3.8) is 0 Å². The van der Waals surface area contributed by atoms with Gasteiger partial charge in [0.05, 0.1) is 6.04 Å². The molecular weight excluding hydrogens is 212 g/mol. The first-order valence-corrected chi connectivity index (χ1v) is 5.81. The zero-order chi connectivity index (χ0) is 12.3. The molecule has 88 valence electrons. The third-order valence-corrected chi connectivity index (χ3v) is 2.98. The molecule has 0 radical (unpaired) electrons. The number of rotatable bonds is 2. The van der Waals surface area contributed by atoms with E-state index in [1.807, 2.05) is 12.1 Å². The molecule has 0 spiro atoms. The molecule has 2 rings (SSSR count). The predicted molar refractivity (Wildman–Crippen MR) is 67.6 cm³/mol. The second-order valence-corrected chi connectivity index (χ2v) is 4.23. The third kappa shape index (κ3) is 2.48. The van der Waals surface area contributed by atoms with Crippen LogP contribution in [0.3, 0.4) is 0 Å². The topological polar surface area (TPSA) is 41.1 Å². The van der Waals surface area contributed by atoms with E-state index in [-0.39, 0.29) is 11.9 Å². The highest BCUT2D eigenvalue weighted by Gasteiger charge is 2.17. The number of nitrogens with one attached hydrogen (secondary N) is 2. The summed E-state index contributed by atoms with van der Waals surface area (Å²) < 4.78 is 0. The van der Waals surface area contributed by atoms with E-state index in [1.165, 1.54) is 5.56 Å². The fourth-order valence-corrected chi connectivity index (χ4v) is 2.06. The van der Waals surface area contributed by atoms with Crippen molar-refractivity contribution in [2.45, 2.75) is 25.9 Å². The molecule has 2 N–H and O–H groups in total. The molecule has 1 unspecified atom stereocenters. The number of hydrogen-bond acceptors (Lipinski definition) is 2. The van der Waals surface area contributed by atoms with Crippen LogP contribution in [-0.4, -0.2) is 18.5 Å². The van der Waals surface area contributed by atoms with Crippen LogP contribution in [0.25, 0.3) is 0 Å². The van der Waals surface area contributed by atoms with Gasteiger partial charge in [0, 0.05) is 12.1 Å². The van der Waals surface area contributed by atoms with E-state index in [1.54, 1.807) is 6.92 Å². The van der Waals surface area contributed by atoms with Crippen LogP contribution in [0.5, 0.6) is 0 Å². The van der Waals surface area contributed by atoms with E-state index >= 15 is 0 Å². The van der Waals surface area contributed by atoms with Crippen LogP contribution in [-0.2, 0) is 13.0 Å². The minimum Gasteiger partial charge on any atom is -0.339 e. The number of hydrogen-bond donors (Lipinski definition) is 2. The molecule has 1 atom stereocenters. The molecule has 1 heterocycles. The van der Waals surface area contributed by atoms with E-state index in [4.69, 9.17) is 6.42 Å². The van der Waals surface area contributed by atoms with Crippen molar-refractivity contribution in [3.05, 3.63) is 34.9 Å². The minimum absolute atomic E-state index is 0.0748. The summed E-state index contributed by atoms with van der Waals surface area (Å²) in [6.45, 7) is 3.55. The third-order valence-electron chi connectivity index (χ3n) is 2.98. The van der Waals surface area contributed by atoms with E-state index in [9.17, 15) is 4.79 Å². The lowest BCUT2D eigenvalue weighted by atomic mass is 9.95. The van der Waals surface area contributed by atoms with Crippen molar-refractivity contribution >= 4 is 5.91 Å². The normalized spacial score (nSPS) is 15.5. The molecular formula is C14H16N2O. The smallest absolute Gasteiger partial charge is 0.252 e. The van der Waals surface area contributed by atoms with Crippen LogP contribution in [0.1, 0.15) is 28.4 Å². The summed E-state index contributed by atoms with van der Waals surface area (Å²) in [7, 11) is 0. The number of carbonyl (C=O) groups excluding carboxylic acids is 1. The first kappa shape index (κ1) is 11.7. The van der Waals surface area contributed by atoms with Gasteiger partial charge in [-0.2, -0.15) is 0 Å². The van der Waals surface area contributed by atoms with Gasteiger partial charge in [-0.1, -0.05) is 18.1 Å². The van der Waals surface area contributed by atoms with Crippen LogP contribution in [0.4, 0.5) is 0 Å². The zero-order valence-electron chi connectivity index (χ0n) is 9.92. The summed E-state index contributed by atoms with van der Waals surface area (Å²) in [5.74, 6) is 2.43.